The molecule has 1 N–H and O–H groups in total. The maximum absolute atomic E-state index is 5.73. The highest BCUT2D eigenvalue weighted by molar-refractivity contribution is 4.91. The van der Waals surface area contributed by atoms with Gasteiger partial charge in [-0.25, -0.2) is 0 Å². The minimum atomic E-state index is 0.328. The van der Waals surface area contributed by atoms with Crippen molar-refractivity contribution in [2.24, 2.45) is 5.41 Å². The zero-order valence-corrected chi connectivity index (χ0v) is 13.8. The van der Waals surface area contributed by atoms with Crippen molar-refractivity contribution in [2.75, 3.05) is 26.2 Å². The summed E-state index contributed by atoms with van der Waals surface area (Å²) in [5.41, 5.74) is 0.328. The number of piperazine rings is 1. The van der Waals surface area contributed by atoms with E-state index in [1.54, 1.807) is 0 Å². The standard InChI is InChI=1S/C16H34N2O/c1-7-8-14-11-17-15(16(4,5)6)12-18(14)9-10-19-13(2)3/h13-15,17H,7-12H2,1-6H3. The Morgan fingerprint density at radius 3 is 2.53 bits per heavy atom. The molecule has 114 valence electrons. The molecule has 19 heavy (non-hydrogen) atoms. The molecule has 0 amide bonds. The van der Waals surface area contributed by atoms with E-state index >= 15 is 0 Å². The number of nitrogens with one attached hydrogen (secondary N) is 1. The van der Waals surface area contributed by atoms with E-state index in [0.29, 0.717) is 23.6 Å². The monoisotopic (exact) mass is 270 g/mol. The minimum absolute atomic E-state index is 0.328. The first-order chi connectivity index (χ1) is 8.84. The second-order valence-electron chi connectivity index (χ2n) is 7.18. The molecule has 0 bridgehead atoms. The fourth-order valence-electron chi connectivity index (χ4n) is 2.73. The topological polar surface area (TPSA) is 24.5 Å². The molecule has 2 unspecified atom stereocenters. The van der Waals surface area contributed by atoms with Crippen LogP contribution < -0.4 is 5.32 Å². The first-order valence-corrected chi connectivity index (χ1v) is 7.93. The van der Waals surface area contributed by atoms with E-state index in [9.17, 15) is 0 Å². The molecule has 0 aliphatic carbocycles. The lowest BCUT2D eigenvalue weighted by Crippen LogP contribution is -2.60. The molecule has 2 atom stereocenters. The first-order valence-electron chi connectivity index (χ1n) is 7.93. The van der Waals surface area contributed by atoms with E-state index in [1.807, 2.05) is 0 Å². The van der Waals surface area contributed by atoms with E-state index in [2.05, 4.69) is 51.8 Å². The summed E-state index contributed by atoms with van der Waals surface area (Å²) in [6.07, 6.45) is 2.88. The summed E-state index contributed by atoms with van der Waals surface area (Å²) in [7, 11) is 0. The Bertz CT molecular complexity index is 248. The van der Waals surface area contributed by atoms with Crippen LogP contribution in [0, 0.1) is 5.41 Å². The quantitative estimate of drug-likeness (QED) is 0.803. The molecule has 1 aliphatic heterocycles. The molecule has 0 aromatic carbocycles. The van der Waals surface area contributed by atoms with Crippen molar-refractivity contribution < 1.29 is 4.74 Å². The highest BCUT2D eigenvalue weighted by Gasteiger charge is 2.33. The Balaban J connectivity index is 2.52. The van der Waals surface area contributed by atoms with Crippen LogP contribution in [0.4, 0.5) is 0 Å². The van der Waals surface area contributed by atoms with Gasteiger partial charge in [0.05, 0.1) is 12.7 Å². The summed E-state index contributed by atoms with van der Waals surface area (Å²) < 4.78 is 5.73. The smallest absolute Gasteiger partial charge is 0.0597 e. The predicted molar refractivity (Wildman–Crippen MR) is 82.6 cm³/mol. The van der Waals surface area contributed by atoms with E-state index in [4.69, 9.17) is 4.74 Å². The third-order valence-corrected chi connectivity index (χ3v) is 4.03. The second-order valence-corrected chi connectivity index (χ2v) is 7.18. The van der Waals surface area contributed by atoms with Crippen LogP contribution in [0.25, 0.3) is 0 Å². The largest absolute Gasteiger partial charge is 0.377 e. The summed E-state index contributed by atoms with van der Waals surface area (Å²) >= 11 is 0. The lowest BCUT2D eigenvalue weighted by molar-refractivity contribution is 0.0234. The van der Waals surface area contributed by atoms with Gasteiger partial charge in [-0.2, -0.15) is 0 Å². The Kier molecular flexibility index (Phi) is 6.78. The zero-order valence-electron chi connectivity index (χ0n) is 13.8. The molecular weight excluding hydrogens is 236 g/mol. The highest BCUT2D eigenvalue weighted by Crippen LogP contribution is 2.24. The van der Waals surface area contributed by atoms with Crippen molar-refractivity contribution >= 4 is 0 Å². The van der Waals surface area contributed by atoms with Gasteiger partial charge in [0.15, 0.2) is 0 Å². The van der Waals surface area contributed by atoms with Gasteiger partial charge in [-0.3, -0.25) is 4.90 Å². The Labute approximate surface area is 120 Å². The minimum Gasteiger partial charge on any atom is -0.377 e. The zero-order chi connectivity index (χ0) is 14.5. The van der Waals surface area contributed by atoms with E-state index in [1.165, 1.54) is 12.8 Å². The molecule has 1 heterocycles. The molecule has 1 aliphatic rings. The van der Waals surface area contributed by atoms with Crippen LogP contribution >= 0.6 is 0 Å². The molecule has 0 radical (unpaired) electrons. The first kappa shape index (κ1) is 16.9. The molecular formula is C16H34N2O. The third kappa shape index (κ3) is 5.80. The number of rotatable bonds is 6. The highest BCUT2D eigenvalue weighted by atomic mass is 16.5. The molecule has 1 fully saturated rings. The average molecular weight is 270 g/mol. The van der Waals surface area contributed by atoms with Gasteiger partial charge in [0.1, 0.15) is 0 Å². The van der Waals surface area contributed by atoms with Crippen LogP contribution in [0.5, 0.6) is 0 Å². The average Bonchev–Trinajstić information content (AvgIpc) is 2.29. The van der Waals surface area contributed by atoms with Crippen LogP contribution in [0.2, 0.25) is 0 Å². The summed E-state index contributed by atoms with van der Waals surface area (Å²) in [4.78, 5) is 2.64. The normalized spacial score (nSPS) is 26.1. The Morgan fingerprint density at radius 1 is 1.32 bits per heavy atom. The van der Waals surface area contributed by atoms with Gasteiger partial charge in [-0.05, 0) is 25.7 Å². The van der Waals surface area contributed by atoms with E-state index < -0.39 is 0 Å². The number of hydrogen-bond donors (Lipinski definition) is 1. The van der Waals surface area contributed by atoms with Crippen molar-refractivity contribution in [2.45, 2.75) is 72.6 Å². The van der Waals surface area contributed by atoms with E-state index in [0.717, 1.165) is 26.2 Å². The maximum Gasteiger partial charge on any atom is 0.0597 e. The van der Waals surface area contributed by atoms with Crippen LogP contribution in [0.1, 0.15) is 54.4 Å². The third-order valence-electron chi connectivity index (χ3n) is 4.03. The summed E-state index contributed by atoms with van der Waals surface area (Å²) in [6, 6.07) is 1.26. The Morgan fingerprint density at radius 2 is 2.00 bits per heavy atom. The molecule has 0 aromatic heterocycles. The molecule has 0 spiro atoms. The molecule has 1 saturated heterocycles. The molecule has 1 rings (SSSR count). The van der Waals surface area contributed by atoms with E-state index in [-0.39, 0.29) is 0 Å². The van der Waals surface area contributed by atoms with Crippen LogP contribution in [0.15, 0.2) is 0 Å². The van der Waals surface area contributed by atoms with Crippen LogP contribution in [-0.2, 0) is 4.74 Å². The molecule has 3 nitrogen and oxygen atoms in total. The number of nitrogens with zero attached hydrogens (tertiary/aromatic N) is 1. The van der Waals surface area contributed by atoms with Crippen LogP contribution in [-0.4, -0.2) is 49.3 Å². The SMILES string of the molecule is CCCC1CNC(C(C)(C)C)CN1CCOC(C)C. The number of hydrogen-bond acceptors (Lipinski definition) is 3. The van der Waals surface area contributed by atoms with Crippen molar-refractivity contribution in [1.29, 1.82) is 0 Å². The van der Waals surface area contributed by atoms with Gasteiger partial charge in [-0.15, -0.1) is 0 Å². The lowest BCUT2D eigenvalue weighted by Gasteiger charge is -2.45. The predicted octanol–water partition coefficient (Wildman–Crippen LogP) is 2.90. The Hall–Kier alpha value is -0.120. The second kappa shape index (κ2) is 7.61. The summed E-state index contributed by atoms with van der Waals surface area (Å²) in [6.45, 7) is 17.7. The summed E-state index contributed by atoms with van der Waals surface area (Å²) in [5.74, 6) is 0. The lowest BCUT2D eigenvalue weighted by atomic mass is 9.84. The summed E-state index contributed by atoms with van der Waals surface area (Å²) in [5, 5.41) is 3.74. The number of ether oxygens (including phenoxy) is 1. The van der Waals surface area contributed by atoms with Gasteiger partial charge in [-0.1, -0.05) is 34.1 Å². The van der Waals surface area contributed by atoms with Gasteiger partial charge in [0, 0.05) is 31.7 Å². The van der Waals surface area contributed by atoms with Crippen molar-refractivity contribution in [3.63, 3.8) is 0 Å². The van der Waals surface area contributed by atoms with Gasteiger partial charge < -0.3 is 10.1 Å². The van der Waals surface area contributed by atoms with Gasteiger partial charge in [0.2, 0.25) is 0 Å². The molecule has 0 saturated carbocycles. The van der Waals surface area contributed by atoms with Gasteiger partial charge in [0.25, 0.3) is 0 Å². The molecule has 3 heteroatoms. The molecule has 0 aromatic rings. The fourth-order valence-corrected chi connectivity index (χ4v) is 2.73. The fraction of sp³-hybridized carbons (Fsp3) is 1.00. The van der Waals surface area contributed by atoms with Crippen LogP contribution in [0.3, 0.4) is 0 Å². The van der Waals surface area contributed by atoms with Crippen molar-refractivity contribution in [1.82, 2.24) is 10.2 Å². The van der Waals surface area contributed by atoms with Crippen molar-refractivity contribution in [3.8, 4) is 0 Å². The van der Waals surface area contributed by atoms with Crippen molar-refractivity contribution in [3.05, 3.63) is 0 Å². The maximum atomic E-state index is 5.73. The van der Waals surface area contributed by atoms with Gasteiger partial charge >= 0.3 is 0 Å².